The molecule has 0 rings (SSSR count). The van der Waals surface area contributed by atoms with Gasteiger partial charge in [-0.3, -0.25) is 0 Å². The van der Waals surface area contributed by atoms with E-state index in [0.717, 1.165) is 0 Å². The van der Waals surface area contributed by atoms with Crippen LogP contribution in [0.2, 0.25) is 0 Å². The molecule has 0 radical (unpaired) electrons. The minimum absolute atomic E-state index is 2.19. The second kappa shape index (κ2) is 2.57. The van der Waals surface area contributed by atoms with E-state index < -0.39 is 20.4 Å². The van der Waals surface area contributed by atoms with Crippen LogP contribution in [0, 0.1) is 0 Å². The van der Waals surface area contributed by atoms with E-state index in [4.69, 9.17) is 0 Å². The van der Waals surface area contributed by atoms with Crippen LogP contribution in [0.3, 0.4) is 0 Å². The highest BCUT2D eigenvalue weighted by molar-refractivity contribution is 7.90. The van der Waals surface area contributed by atoms with Gasteiger partial charge in [-0.1, -0.05) is 0 Å². The van der Waals surface area contributed by atoms with Crippen LogP contribution in [-0.4, -0.2) is 16.8 Å². The largest absolute Gasteiger partial charge is 0.335 e. The molecule has 4 N–H and O–H groups in total. The molecule has 10 heteroatoms. The Morgan fingerprint density at radius 3 is 1.10 bits per heavy atom. The molecule has 0 aromatic carbocycles. The second-order valence-electron chi connectivity index (χ2n) is 1.19. The van der Waals surface area contributed by atoms with Crippen LogP contribution in [0.5, 0.6) is 0 Å². The van der Waals surface area contributed by atoms with Crippen LogP contribution in [0.25, 0.3) is 0 Å². The lowest BCUT2D eigenvalue weighted by Crippen LogP contribution is -2.11. The molecule has 0 aromatic heterocycles. The quantitative estimate of drug-likeness (QED) is 0.475. The van der Waals surface area contributed by atoms with Gasteiger partial charge in [-0.15, -0.1) is 0 Å². The van der Waals surface area contributed by atoms with Gasteiger partial charge in [-0.05, 0) is 9.04 Å². The first-order chi connectivity index (χ1) is 4.21. The van der Waals surface area contributed by atoms with Crippen LogP contribution in [-0.2, 0) is 20.4 Å². The predicted octanol–water partition coefficient (Wildman–Crippen LogP) is -2.15. The molecule has 0 aliphatic rings. The summed E-state index contributed by atoms with van der Waals surface area (Å²) >= 11 is 0. The highest BCUT2D eigenvalue weighted by atomic mass is 32.2. The zero-order valence-electron chi connectivity index (χ0n) is 4.50. The van der Waals surface area contributed by atoms with E-state index in [1.54, 1.807) is 0 Å². The van der Waals surface area contributed by atoms with E-state index in [1.807, 2.05) is 0 Å². The Labute approximate surface area is 57.3 Å². The van der Waals surface area contributed by atoms with Crippen molar-refractivity contribution < 1.29 is 16.8 Å². The smallest absolute Gasteiger partial charge is 0.208 e. The SMILES string of the molecule is NS(=O)(=O)/N=N/S(N)(=O)=O. The van der Waals surface area contributed by atoms with Crippen LogP contribution >= 0.6 is 0 Å². The van der Waals surface area contributed by atoms with Gasteiger partial charge in [0, 0.05) is 0 Å². The minimum atomic E-state index is -4.26. The summed E-state index contributed by atoms with van der Waals surface area (Å²) in [5, 5.41) is 8.47. The maximum Gasteiger partial charge on any atom is 0.335 e. The first-order valence-electron chi connectivity index (χ1n) is 1.70. The van der Waals surface area contributed by atoms with Crippen LogP contribution in [0.4, 0.5) is 0 Å². The van der Waals surface area contributed by atoms with Gasteiger partial charge in [0.05, 0.1) is 0 Å². The summed E-state index contributed by atoms with van der Waals surface area (Å²) in [7, 11) is -8.52. The van der Waals surface area contributed by atoms with Gasteiger partial charge in [-0.25, -0.2) is 10.3 Å². The van der Waals surface area contributed by atoms with E-state index in [-0.39, 0.29) is 0 Å². The summed E-state index contributed by atoms with van der Waals surface area (Å²) < 4.78 is 43.9. The van der Waals surface area contributed by atoms with Crippen molar-refractivity contribution in [3.63, 3.8) is 0 Å². The highest BCUT2D eigenvalue weighted by Gasteiger charge is 2.01. The van der Waals surface area contributed by atoms with Gasteiger partial charge in [0.1, 0.15) is 0 Å². The molecule has 8 nitrogen and oxygen atoms in total. The predicted molar refractivity (Wildman–Crippen MR) is 31.1 cm³/mol. The fourth-order valence-corrected chi connectivity index (χ4v) is 0.836. The van der Waals surface area contributed by atoms with Crippen molar-refractivity contribution in [1.82, 2.24) is 0 Å². The van der Waals surface area contributed by atoms with Gasteiger partial charge in [-0.2, -0.15) is 16.8 Å². The highest BCUT2D eigenvalue weighted by Crippen LogP contribution is 1.85. The lowest BCUT2D eigenvalue weighted by Gasteiger charge is -1.82. The molecular weight excluding hydrogens is 184 g/mol. The Balaban J connectivity index is 4.64. The Hall–Kier alpha value is -0.580. The van der Waals surface area contributed by atoms with Crippen LogP contribution in [0.1, 0.15) is 0 Å². The van der Waals surface area contributed by atoms with E-state index in [9.17, 15) is 16.8 Å². The summed E-state index contributed by atoms with van der Waals surface area (Å²) in [4.78, 5) is 0. The number of hydrogen-bond donors (Lipinski definition) is 2. The molecule has 0 bridgehead atoms. The molecule has 10 heavy (non-hydrogen) atoms. The number of nitrogens with two attached hydrogens (primary N) is 2. The van der Waals surface area contributed by atoms with Crippen LogP contribution in [0.15, 0.2) is 9.04 Å². The molecule has 0 fully saturated rings. The molecule has 0 spiro atoms. The molecule has 0 aliphatic heterocycles. The zero-order chi connectivity index (χ0) is 8.41. The number of nitrogens with zero attached hydrogens (tertiary/aromatic N) is 2. The Morgan fingerprint density at radius 2 is 1.00 bits per heavy atom. The van der Waals surface area contributed by atoms with Crippen molar-refractivity contribution in [2.45, 2.75) is 0 Å². The maximum atomic E-state index is 9.88. The fraction of sp³-hybridized carbons (Fsp3) is 0. The third-order valence-electron chi connectivity index (χ3n) is 0.261. The number of hydrogen-bond acceptors (Lipinski definition) is 4. The minimum Gasteiger partial charge on any atom is -0.208 e. The molecule has 0 amide bonds. The number of rotatable bonds is 2. The van der Waals surface area contributed by atoms with Crippen molar-refractivity contribution in [1.29, 1.82) is 0 Å². The topological polar surface area (TPSA) is 145 Å². The van der Waals surface area contributed by atoms with E-state index in [0.29, 0.717) is 0 Å². The standard InChI is InChI=1S/H4N4O4S2/c1-9(5,6)3-4-10(2,7)8/h(H2,1,5,6)(H2,2,7,8)/b4-3+. The summed E-state index contributed by atoms with van der Waals surface area (Å²) in [6.07, 6.45) is 0. The average Bonchev–Trinajstić information content (AvgIpc) is 1.57. The molecule has 0 saturated heterocycles. The first-order valence-corrected chi connectivity index (χ1v) is 4.71. The Bertz CT molecular complexity index is 284. The summed E-state index contributed by atoms with van der Waals surface area (Å²) in [6.45, 7) is 0. The van der Waals surface area contributed by atoms with E-state index in [1.165, 1.54) is 0 Å². The summed E-state index contributed by atoms with van der Waals surface area (Å²) in [5.41, 5.74) is 0. The lowest BCUT2D eigenvalue weighted by molar-refractivity contribution is 0.588. The molecule has 0 atom stereocenters. The van der Waals surface area contributed by atoms with Gasteiger partial charge in [0.25, 0.3) is 0 Å². The molecule has 0 saturated carbocycles. The van der Waals surface area contributed by atoms with Crippen molar-refractivity contribution in [3.05, 3.63) is 0 Å². The third-order valence-corrected chi connectivity index (χ3v) is 0.983. The van der Waals surface area contributed by atoms with Crippen molar-refractivity contribution in [3.8, 4) is 0 Å². The van der Waals surface area contributed by atoms with Gasteiger partial charge in [0.15, 0.2) is 0 Å². The van der Waals surface area contributed by atoms with Crippen LogP contribution < -0.4 is 10.3 Å². The summed E-state index contributed by atoms with van der Waals surface area (Å²) in [6, 6.07) is 0. The van der Waals surface area contributed by atoms with Crippen molar-refractivity contribution in [2.75, 3.05) is 0 Å². The average molecular weight is 188 g/mol. The van der Waals surface area contributed by atoms with Gasteiger partial charge >= 0.3 is 20.4 Å². The normalized spacial score (nSPS) is 14.2. The third kappa shape index (κ3) is 7.42. The molecule has 0 aliphatic carbocycles. The Kier molecular flexibility index (Phi) is 2.42. The lowest BCUT2D eigenvalue weighted by atomic mass is 13.2. The van der Waals surface area contributed by atoms with E-state index >= 15 is 0 Å². The zero-order valence-corrected chi connectivity index (χ0v) is 6.13. The molecule has 0 aromatic rings. The van der Waals surface area contributed by atoms with Gasteiger partial charge in [0.2, 0.25) is 0 Å². The van der Waals surface area contributed by atoms with Crippen molar-refractivity contribution >= 4 is 20.4 Å². The van der Waals surface area contributed by atoms with Gasteiger partial charge < -0.3 is 0 Å². The fourth-order valence-electron chi connectivity index (χ4n) is 0.0929. The van der Waals surface area contributed by atoms with E-state index in [2.05, 4.69) is 19.3 Å². The molecule has 0 unspecified atom stereocenters. The molecule has 60 valence electrons. The maximum absolute atomic E-state index is 9.88. The summed E-state index contributed by atoms with van der Waals surface area (Å²) in [5.74, 6) is 0. The first kappa shape index (κ1) is 9.42. The van der Waals surface area contributed by atoms with Crippen molar-refractivity contribution in [2.24, 2.45) is 19.3 Å². The second-order valence-corrected chi connectivity index (χ2v) is 3.58. The molecule has 0 heterocycles. The Morgan fingerprint density at radius 1 is 0.800 bits per heavy atom. The monoisotopic (exact) mass is 188 g/mol. The molecular formula is H4N4O4S2.